The predicted molar refractivity (Wildman–Crippen MR) is 73.7 cm³/mol. The maximum absolute atomic E-state index is 10.8. The van der Waals surface area contributed by atoms with Crippen molar-refractivity contribution in [1.29, 1.82) is 0 Å². The van der Waals surface area contributed by atoms with Crippen LogP contribution in [0, 0.1) is 33.6 Å². The number of aryl methyl sites for hydroxylation is 2. The summed E-state index contributed by atoms with van der Waals surface area (Å²) in [5, 5.41) is 8.87. The van der Waals surface area contributed by atoms with Crippen molar-refractivity contribution in [3.8, 4) is 0 Å². The van der Waals surface area contributed by atoms with E-state index in [1.54, 1.807) is 0 Å². The first kappa shape index (κ1) is 14.7. The summed E-state index contributed by atoms with van der Waals surface area (Å²) in [6.07, 6.45) is 0.104. The van der Waals surface area contributed by atoms with E-state index in [1.165, 1.54) is 22.3 Å². The summed E-state index contributed by atoms with van der Waals surface area (Å²) in [4.78, 5) is 10.8. The SMILES string of the molecule is Cc1cc(C)c(C)c(C(N)C(C)CC(=O)O)c1C. The van der Waals surface area contributed by atoms with Crippen LogP contribution in [0.4, 0.5) is 0 Å². The second-order valence-corrected chi connectivity index (χ2v) is 5.27. The molecule has 0 aliphatic rings. The normalized spacial score (nSPS) is 14.3. The van der Waals surface area contributed by atoms with Crippen LogP contribution in [0.25, 0.3) is 0 Å². The van der Waals surface area contributed by atoms with Crippen LogP contribution in [0.1, 0.15) is 47.2 Å². The van der Waals surface area contributed by atoms with Gasteiger partial charge in [0, 0.05) is 12.5 Å². The molecule has 100 valence electrons. The third-order valence-electron chi connectivity index (χ3n) is 3.87. The fourth-order valence-electron chi connectivity index (χ4n) is 2.43. The number of nitrogens with two attached hydrogens (primary N) is 1. The van der Waals surface area contributed by atoms with Gasteiger partial charge in [-0.25, -0.2) is 0 Å². The van der Waals surface area contributed by atoms with Gasteiger partial charge in [0.05, 0.1) is 0 Å². The molecule has 3 nitrogen and oxygen atoms in total. The molecule has 0 aliphatic carbocycles. The maximum Gasteiger partial charge on any atom is 0.303 e. The van der Waals surface area contributed by atoms with Crippen molar-refractivity contribution in [3.63, 3.8) is 0 Å². The van der Waals surface area contributed by atoms with Crippen LogP contribution in [0.5, 0.6) is 0 Å². The molecule has 0 amide bonds. The molecule has 0 aromatic heterocycles. The Morgan fingerprint density at radius 2 is 1.67 bits per heavy atom. The zero-order valence-electron chi connectivity index (χ0n) is 11.9. The summed E-state index contributed by atoms with van der Waals surface area (Å²) in [6, 6.07) is 1.93. The molecule has 0 radical (unpaired) electrons. The average Bonchev–Trinajstić information content (AvgIpc) is 2.25. The van der Waals surface area contributed by atoms with Crippen molar-refractivity contribution in [2.75, 3.05) is 0 Å². The highest BCUT2D eigenvalue weighted by atomic mass is 16.4. The lowest BCUT2D eigenvalue weighted by Crippen LogP contribution is -2.24. The molecule has 1 aromatic rings. The summed E-state index contributed by atoms with van der Waals surface area (Å²) in [7, 11) is 0. The fourth-order valence-corrected chi connectivity index (χ4v) is 2.43. The lowest BCUT2D eigenvalue weighted by atomic mass is 9.84. The Bertz CT molecular complexity index is 440. The topological polar surface area (TPSA) is 63.3 Å². The maximum atomic E-state index is 10.8. The highest BCUT2D eigenvalue weighted by Gasteiger charge is 2.22. The number of aliphatic carboxylic acids is 1. The van der Waals surface area contributed by atoms with E-state index in [2.05, 4.69) is 33.8 Å². The van der Waals surface area contributed by atoms with Gasteiger partial charge in [-0.1, -0.05) is 13.0 Å². The Morgan fingerprint density at radius 1 is 1.22 bits per heavy atom. The molecule has 2 unspecified atom stereocenters. The van der Waals surface area contributed by atoms with E-state index >= 15 is 0 Å². The fraction of sp³-hybridized carbons (Fsp3) is 0.533. The van der Waals surface area contributed by atoms with Gasteiger partial charge in [0.25, 0.3) is 0 Å². The van der Waals surface area contributed by atoms with Gasteiger partial charge < -0.3 is 10.8 Å². The van der Waals surface area contributed by atoms with Gasteiger partial charge in [0.15, 0.2) is 0 Å². The predicted octanol–water partition coefficient (Wildman–Crippen LogP) is 3.03. The molecule has 0 spiro atoms. The standard InChI is InChI=1S/C15H23NO2/c1-8-6-9(2)12(5)14(11(8)4)15(16)10(3)7-13(17)18/h6,10,15H,7,16H2,1-5H3,(H,17,18). The van der Waals surface area contributed by atoms with E-state index < -0.39 is 5.97 Å². The molecule has 2 atom stereocenters. The lowest BCUT2D eigenvalue weighted by Gasteiger charge is -2.25. The number of hydrogen-bond donors (Lipinski definition) is 2. The van der Waals surface area contributed by atoms with Crippen molar-refractivity contribution < 1.29 is 9.90 Å². The minimum atomic E-state index is -0.794. The first-order chi connectivity index (χ1) is 8.25. The minimum absolute atomic E-state index is 0.0684. The summed E-state index contributed by atoms with van der Waals surface area (Å²) in [6.45, 7) is 10.2. The highest BCUT2D eigenvalue weighted by Crippen LogP contribution is 2.31. The van der Waals surface area contributed by atoms with Crippen LogP contribution in [-0.4, -0.2) is 11.1 Å². The number of rotatable bonds is 4. The third kappa shape index (κ3) is 2.91. The van der Waals surface area contributed by atoms with E-state index in [9.17, 15) is 4.79 Å². The van der Waals surface area contributed by atoms with E-state index in [-0.39, 0.29) is 18.4 Å². The van der Waals surface area contributed by atoms with E-state index in [0.29, 0.717) is 0 Å². The smallest absolute Gasteiger partial charge is 0.303 e. The molecule has 0 fully saturated rings. The second-order valence-electron chi connectivity index (χ2n) is 5.27. The van der Waals surface area contributed by atoms with Gasteiger partial charge in [0.1, 0.15) is 0 Å². The van der Waals surface area contributed by atoms with Crippen molar-refractivity contribution in [3.05, 3.63) is 33.9 Å². The molecule has 3 N–H and O–H groups in total. The molecular formula is C15H23NO2. The van der Waals surface area contributed by atoms with Crippen molar-refractivity contribution in [1.82, 2.24) is 0 Å². The quantitative estimate of drug-likeness (QED) is 0.862. The summed E-state index contributed by atoms with van der Waals surface area (Å²) < 4.78 is 0. The van der Waals surface area contributed by atoms with Crippen molar-refractivity contribution >= 4 is 5.97 Å². The van der Waals surface area contributed by atoms with Gasteiger partial charge in [-0.2, -0.15) is 0 Å². The molecule has 0 heterocycles. The summed E-state index contributed by atoms with van der Waals surface area (Å²) in [5.41, 5.74) is 12.2. The van der Waals surface area contributed by atoms with E-state index in [1.807, 2.05) is 6.92 Å². The van der Waals surface area contributed by atoms with Crippen LogP contribution in [0.2, 0.25) is 0 Å². The molecule has 0 aliphatic heterocycles. The third-order valence-corrected chi connectivity index (χ3v) is 3.87. The first-order valence-electron chi connectivity index (χ1n) is 6.30. The number of benzene rings is 1. The monoisotopic (exact) mass is 249 g/mol. The van der Waals surface area contributed by atoms with E-state index in [0.717, 1.165) is 5.56 Å². The van der Waals surface area contributed by atoms with Crippen LogP contribution in [-0.2, 0) is 4.79 Å². The Balaban J connectivity index is 3.20. The summed E-state index contributed by atoms with van der Waals surface area (Å²) >= 11 is 0. The first-order valence-corrected chi connectivity index (χ1v) is 6.30. The number of carboxylic acid groups (broad SMARTS) is 1. The van der Waals surface area contributed by atoms with Gasteiger partial charge in [0.2, 0.25) is 0 Å². The van der Waals surface area contributed by atoms with Gasteiger partial charge >= 0.3 is 5.97 Å². The molecule has 0 bridgehead atoms. The van der Waals surface area contributed by atoms with Gasteiger partial charge in [-0.05, 0) is 61.4 Å². The molecule has 1 aromatic carbocycles. The Labute approximate surface area is 109 Å². The van der Waals surface area contributed by atoms with E-state index in [4.69, 9.17) is 10.8 Å². The number of carbonyl (C=O) groups is 1. The van der Waals surface area contributed by atoms with Gasteiger partial charge in [-0.3, -0.25) is 4.79 Å². The molecule has 18 heavy (non-hydrogen) atoms. The molecular weight excluding hydrogens is 226 g/mol. The zero-order valence-corrected chi connectivity index (χ0v) is 11.9. The largest absolute Gasteiger partial charge is 0.481 e. The number of carboxylic acids is 1. The van der Waals surface area contributed by atoms with Crippen LogP contribution < -0.4 is 5.73 Å². The van der Waals surface area contributed by atoms with Gasteiger partial charge in [-0.15, -0.1) is 0 Å². The molecule has 3 heteroatoms. The Morgan fingerprint density at radius 3 is 2.06 bits per heavy atom. The molecule has 0 saturated carbocycles. The van der Waals surface area contributed by atoms with Crippen LogP contribution >= 0.6 is 0 Å². The Kier molecular flexibility index (Phi) is 4.52. The Hall–Kier alpha value is -1.35. The lowest BCUT2D eigenvalue weighted by molar-refractivity contribution is -0.138. The minimum Gasteiger partial charge on any atom is -0.481 e. The summed E-state index contributed by atoms with van der Waals surface area (Å²) in [5.74, 6) is -0.862. The zero-order chi connectivity index (χ0) is 14.0. The van der Waals surface area contributed by atoms with Crippen molar-refractivity contribution in [2.24, 2.45) is 11.7 Å². The molecule has 1 rings (SSSR count). The van der Waals surface area contributed by atoms with Crippen LogP contribution in [0.3, 0.4) is 0 Å². The molecule has 0 saturated heterocycles. The van der Waals surface area contributed by atoms with Crippen LogP contribution in [0.15, 0.2) is 6.07 Å². The highest BCUT2D eigenvalue weighted by molar-refractivity contribution is 5.67. The second kappa shape index (κ2) is 5.53. The average molecular weight is 249 g/mol. The number of hydrogen-bond acceptors (Lipinski definition) is 2. The van der Waals surface area contributed by atoms with Crippen molar-refractivity contribution in [2.45, 2.75) is 47.1 Å².